The van der Waals surface area contributed by atoms with E-state index in [4.69, 9.17) is 18.7 Å². The molecule has 4 rings (SSSR count). The van der Waals surface area contributed by atoms with Gasteiger partial charge in [0, 0.05) is 39.1 Å². The minimum atomic E-state index is -0.184. The lowest BCUT2D eigenvalue weighted by atomic mass is 9.79. The Bertz CT molecular complexity index is 619. The van der Waals surface area contributed by atoms with Gasteiger partial charge in [-0.3, -0.25) is 4.79 Å². The van der Waals surface area contributed by atoms with Crippen LogP contribution in [0.15, 0.2) is 10.6 Å². The smallest absolute Gasteiger partial charge is 0.276 e. The molecule has 0 radical (unpaired) electrons. The fourth-order valence-electron chi connectivity index (χ4n) is 4.30. The third-order valence-corrected chi connectivity index (χ3v) is 5.96. The minimum Gasteiger partial charge on any atom is -0.381 e. The highest BCUT2D eigenvalue weighted by molar-refractivity contribution is 5.93. The second-order valence-electron chi connectivity index (χ2n) is 7.80. The van der Waals surface area contributed by atoms with E-state index in [0.29, 0.717) is 36.4 Å². The summed E-state index contributed by atoms with van der Waals surface area (Å²) in [5, 5.41) is 3.82. The van der Waals surface area contributed by atoms with Crippen molar-refractivity contribution in [3.05, 3.63) is 17.5 Å². The topological polar surface area (TPSA) is 74.0 Å². The Labute approximate surface area is 153 Å². The molecular weight excluding hydrogens is 336 g/mol. The van der Waals surface area contributed by atoms with Crippen LogP contribution >= 0.6 is 0 Å². The first-order chi connectivity index (χ1) is 12.7. The number of rotatable bonds is 6. The molecule has 1 atom stereocenters. The summed E-state index contributed by atoms with van der Waals surface area (Å²) in [5.41, 5.74) is 0.197. The van der Waals surface area contributed by atoms with Crippen molar-refractivity contribution in [1.82, 2.24) is 10.1 Å². The molecule has 7 heteroatoms. The Morgan fingerprint density at radius 1 is 1.31 bits per heavy atom. The van der Waals surface area contributed by atoms with Crippen molar-refractivity contribution in [2.75, 3.05) is 46.1 Å². The van der Waals surface area contributed by atoms with Crippen LogP contribution in [0.5, 0.6) is 0 Å². The second kappa shape index (κ2) is 7.66. The standard InChI is InChI=1S/C19H28N2O5/c1-14-10-17(20-26-14)18(22)21-12-19(13-21)16(5-9-25-19)4-8-24-11-15-2-6-23-7-3-15/h10,15-16H,2-9,11-13H2,1H3/t16-/m0/s1. The highest BCUT2D eigenvalue weighted by Crippen LogP contribution is 2.42. The van der Waals surface area contributed by atoms with Crippen molar-refractivity contribution in [1.29, 1.82) is 0 Å². The van der Waals surface area contributed by atoms with Gasteiger partial charge in [0.25, 0.3) is 5.91 Å². The van der Waals surface area contributed by atoms with Gasteiger partial charge in [-0.05, 0) is 44.4 Å². The Hall–Kier alpha value is -1.44. The van der Waals surface area contributed by atoms with Crippen LogP contribution in [-0.2, 0) is 14.2 Å². The molecule has 0 bridgehead atoms. The number of hydrogen-bond acceptors (Lipinski definition) is 6. The van der Waals surface area contributed by atoms with Crippen LogP contribution in [0.2, 0.25) is 0 Å². The number of nitrogens with zero attached hydrogens (tertiary/aromatic N) is 2. The molecule has 1 spiro atoms. The van der Waals surface area contributed by atoms with Gasteiger partial charge in [0.2, 0.25) is 0 Å². The maximum Gasteiger partial charge on any atom is 0.276 e. The monoisotopic (exact) mass is 364 g/mol. The van der Waals surface area contributed by atoms with Gasteiger partial charge < -0.3 is 23.6 Å². The van der Waals surface area contributed by atoms with E-state index in [9.17, 15) is 4.79 Å². The van der Waals surface area contributed by atoms with Gasteiger partial charge in [0.15, 0.2) is 5.69 Å². The Kier molecular flexibility index (Phi) is 5.29. The summed E-state index contributed by atoms with van der Waals surface area (Å²) < 4.78 is 22.4. The molecule has 1 aromatic heterocycles. The lowest BCUT2D eigenvalue weighted by Crippen LogP contribution is -2.66. The molecule has 0 saturated carbocycles. The molecule has 4 heterocycles. The largest absolute Gasteiger partial charge is 0.381 e. The number of amides is 1. The molecule has 3 aliphatic rings. The molecule has 144 valence electrons. The first kappa shape index (κ1) is 17.9. The van der Waals surface area contributed by atoms with Crippen LogP contribution in [0.1, 0.15) is 41.9 Å². The van der Waals surface area contributed by atoms with E-state index >= 15 is 0 Å². The molecule has 0 aliphatic carbocycles. The number of aryl methyl sites for hydroxylation is 1. The molecule has 3 aliphatic heterocycles. The van der Waals surface area contributed by atoms with Gasteiger partial charge >= 0.3 is 0 Å². The summed E-state index contributed by atoms with van der Waals surface area (Å²) in [5.74, 6) is 1.68. The van der Waals surface area contributed by atoms with E-state index in [1.165, 1.54) is 0 Å². The molecule has 7 nitrogen and oxygen atoms in total. The van der Waals surface area contributed by atoms with E-state index in [2.05, 4.69) is 5.16 Å². The predicted octanol–water partition coefficient (Wildman–Crippen LogP) is 2.05. The maximum atomic E-state index is 12.4. The van der Waals surface area contributed by atoms with Crippen LogP contribution in [0, 0.1) is 18.8 Å². The summed E-state index contributed by atoms with van der Waals surface area (Å²) in [6, 6.07) is 1.68. The average molecular weight is 364 g/mol. The summed E-state index contributed by atoms with van der Waals surface area (Å²) in [6.45, 7) is 7.17. The van der Waals surface area contributed by atoms with Crippen LogP contribution in [0.3, 0.4) is 0 Å². The molecule has 3 fully saturated rings. The van der Waals surface area contributed by atoms with E-state index in [0.717, 1.165) is 58.7 Å². The fraction of sp³-hybridized carbons (Fsp3) is 0.789. The van der Waals surface area contributed by atoms with Crippen molar-refractivity contribution in [2.24, 2.45) is 11.8 Å². The maximum absolute atomic E-state index is 12.4. The number of hydrogen-bond donors (Lipinski definition) is 0. The van der Waals surface area contributed by atoms with E-state index in [1.807, 2.05) is 0 Å². The van der Waals surface area contributed by atoms with E-state index in [1.54, 1.807) is 17.9 Å². The van der Waals surface area contributed by atoms with Gasteiger partial charge in [0.05, 0.1) is 13.1 Å². The molecule has 1 aromatic rings. The number of aromatic nitrogens is 1. The van der Waals surface area contributed by atoms with E-state index in [-0.39, 0.29) is 11.5 Å². The third kappa shape index (κ3) is 3.66. The molecule has 26 heavy (non-hydrogen) atoms. The van der Waals surface area contributed by atoms with Crippen LogP contribution in [0.4, 0.5) is 0 Å². The number of carbonyl (C=O) groups excluding carboxylic acids is 1. The lowest BCUT2D eigenvalue weighted by molar-refractivity contribution is -0.121. The molecular formula is C19H28N2O5. The first-order valence-electron chi connectivity index (χ1n) is 9.68. The van der Waals surface area contributed by atoms with Gasteiger partial charge in [-0.15, -0.1) is 0 Å². The van der Waals surface area contributed by atoms with Crippen molar-refractivity contribution in [3.63, 3.8) is 0 Å². The fourth-order valence-corrected chi connectivity index (χ4v) is 4.30. The summed E-state index contributed by atoms with van der Waals surface area (Å²) >= 11 is 0. The predicted molar refractivity (Wildman–Crippen MR) is 92.9 cm³/mol. The van der Waals surface area contributed by atoms with E-state index < -0.39 is 0 Å². The average Bonchev–Trinajstić information content (AvgIpc) is 3.24. The SMILES string of the molecule is Cc1cc(C(=O)N2CC3(C2)OCC[C@@H]3CCOCC2CCOCC2)no1. The van der Waals surface area contributed by atoms with Crippen molar-refractivity contribution in [3.8, 4) is 0 Å². The summed E-state index contributed by atoms with van der Waals surface area (Å²) in [6.07, 6.45) is 4.25. The third-order valence-electron chi connectivity index (χ3n) is 5.96. The van der Waals surface area contributed by atoms with Crippen LogP contribution in [0.25, 0.3) is 0 Å². The zero-order valence-corrected chi connectivity index (χ0v) is 15.4. The number of ether oxygens (including phenoxy) is 3. The highest BCUT2D eigenvalue weighted by Gasteiger charge is 2.54. The summed E-state index contributed by atoms with van der Waals surface area (Å²) in [7, 11) is 0. The molecule has 1 amide bonds. The molecule has 0 aromatic carbocycles. The van der Waals surface area contributed by atoms with Gasteiger partial charge in [-0.1, -0.05) is 5.16 Å². The zero-order chi connectivity index (χ0) is 18.0. The lowest BCUT2D eigenvalue weighted by Gasteiger charge is -2.50. The quantitative estimate of drug-likeness (QED) is 0.719. The molecule has 0 N–H and O–H groups in total. The Balaban J connectivity index is 1.22. The molecule has 3 saturated heterocycles. The minimum absolute atomic E-state index is 0.0718. The Morgan fingerprint density at radius 3 is 2.85 bits per heavy atom. The molecule has 0 unspecified atom stereocenters. The van der Waals surface area contributed by atoms with Gasteiger partial charge in [-0.2, -0.15) is 0 Å². The van der Waals surface area contributed by atoms with Crippen molar-refractivity contribution >= 4 is 5.91 Å². The normalized spacial score (nSPS) is 25.6. The second-order valence-corrected chi connectivity index (χ2v) is 7.80. The van der Waals surface area contributed by atoms with Crippen LogP contribution in [-0.4, -0.2) is 67.7 Å². The van der Waals surface area contributed by atoms with Crippen molar-refractivity contribution < 1.29 is 23.5 Å². The zero-order valence-electron chi connectivity index (χ0n) is 15.4. The number of carbonyl (C=O) groups is 1. The van der Waals surface area contributed by atoms with Gasteiger partial charge in [0.1, 0.15) is 11.4 Å². The number of likely N-dealkylation sites (tertiary alicyclic amines) is 1. The first-order valence-corrected chi connectivity index (χ1v) is 9.68. The Morgan fingerprint density at radius 2 is 2.12 bits per heavy atom. The summed E-state index contributed by atoms with van der Waals surface area (Å²) in [4.78, 5) is 14.2. The van der Waals surface area contributed by atoms with Gasteiger partial charge in [-0.25, -0.2) is 0 Å². The van der Waals surface area contributed by atoms with Crippen molar-refractivity contribution in [2.45, 2.75) is 38.2 Å². The highest BCUT2D eigenvalue weighted by atomic mass is 16.5. The van der Waals surface area contributed by atoms with Crippen LogP contribution < -0.4 is 0 Å².